The number of fused-ring (bicyclic) bond motifs is 1. The van der Waals surface area contributed by atoms with Crippen molar-refractivity contribution in [1.29, 1.82) is 0 Å². The molecule has 0 bridgehead atoms. The van der Waals surface area contributed by atoms with Crippen LogP contribution in [0.15, 0.2) is 54.1 Å². The SMILES string of the molecule is C=CCn1c(=NC(=O)C=Cc2cc(OC)c(OC)c(OC)c2)sc2cc(C)ccc21. The van der Waals surface area contributed by atoms with Gasteiger partial charge in [-0.2, -0.15) is 4.99 Å². The highest BCUT2D eigenvalue weighted by molar-refractivity contribution is 7.16. The molecule has 0 N–H and O–H groups in total. The molecule has 156 valence electrons. The van der Waals surface area contributed by atoms with E-state index in [1.165, 1.54) is 17.4 Å². The molecule has 3 rings (SSSR count). The van der Waals surface area contributed by atoms with E-state index in [-0.39, 0.29) is 5.91 Å². The molecule has 1 heterocycles. The van der Waals surface area contributed by atoms with Gasteiger partial charge in [-0.15, -0.1) is 6.58 Å². The summed E-state index contributed by atoms with van der Waals surface area (Å²) < 4.78 is 19.1. The number of thiazole rings is 1. The molecule has 2 aromatic carbocycles. The molecule has 0 atom stereocenters. The van der Waals surface area contributed by atoms with Crippen molar-refractivity contribution in [2.75, 3.05) is 21.3 Å². The molecule has 0 fully saturated rings. The predicted octanol–water partition coefficient (Wildman–Crippen LogP) is 4.36. The highest BCUT2D eigenvalue weighted by Gasteiger charge is 2.12. The number of aryl methyl sites for hydroxylation is 1. The lowest BCUT2D eigenvalue weighted by Crippen LogP contribution is -2.15. The number of rotatable bonds is 7. The summed E-state index contributed by atoms with van der Waals surface area (Å²) in [5.74, 6) is 1.18. The molecule has 7 heteroatoms. The Labute approximate surface area is 179 Å². The van der Waals surface area contributed by atoms with Crippen LogP contribution in [-0.4, -0.2) is 31.8 Å². The van der Waals surface area contributed by atoms with Gasteiger partial charge in [0, 0.05) is 12.6 Å². The zero-order chi connectivity index (χ0) is 21.7. The topological polar surface area (TPSA) is 62.1 Å². The van der Waals surface area contributed by atoms with Crippen molar-refractivity contribution in [2.24, 2.45) is 4.99 Å². The third kappa shape index (κ3) is 4.46. The van der Waals surface area contributed by atoms with E-state index in [4.69, 9.17) is 14.2 Å². The first kappa shape index (κ1) is 21.4. The van der Waals surface area contributed by atoms with Crippen molar-refractivity contribution in [3.8, 4) is 17.2 Å². The number of amides is 1. The van der Waals surface area contributed by atoms with Gasteiger partial charge in [0.15, 0.2) is 16.3 Å². The fourth-order valence-corrected chi connectivity index (χ4v) is 4.21. The fraction of sp³-hybridized carbons (Fsp3) is 0.217. The molecular weight excluding hydrogens is 400 g/mol. The van der Waals surface area contributed by atoms with Crippen molar-refractivity contribution in [3.63, 3.8) is 0 Å². The van der Waals surface area contributed by atoms with E-state index in [2.05, 4.69) is 17.6 Å². The monoisotopic (exact) mass is 424 g/mol. The molecule has 0 saturated heterocycles. The largest absolute Gasteiger partial charge is 0.493 e. The number of aromatic nitrogens is 1. The van der Waals surface area contributed by atoms with Gasteiger partial charge in [-0.3, -0.25) is 4.79 Å². The van der Waals surface area contributed by atoms with E-state index in [1.807, 2.05) is 23.6 Å². The first-order valence-corrected chi connectivity index (χ1v) is 10.1. The van der Waals surface area contributed by atoms with Crippen LogP contribution >= 0.6 is 11.3 Å². The normalized spacial score (nSPS) is 11.8. The number of benzene rings is 2. The molecule has 0 aliphatic rings. The van der Waals surface area contributed by atoms with Crippen LogP contribution in [0.3, 0.4) is 0 Å². The first-order chi connectivity index (χ1) is 14.5. The van der Waals surface area contributed by atoms with E-state index < -0.39 is 0 Å². The summed E-state index contributed by atoms with van der Waals surface area (Å²) in [6, 6.07) is 9.72. The number of ether oxygens (including phenoxy) is 3. The van der Waals surface area contributed by atoms with Gasteiger partial charge in [0.25, 0.3) is 5.91 Å². The predicted molar refractivity (Wildman–Crippen MR) is 120 cm³/mol. The molecule has 0 saturated carbocycles. The molecule has 0 aliphatic heterocycles. The summed E-state index contributed by atoms with van der Waals surface area (Å²) in [4.78, 5) is 17.5. The Kier molecular flexibility index (Phi) is 6.74. The van der Waals surface area contributed by atoms with E-state index in [9.17, 15) is 4.79 Å². The molecular formula is C23H24N2O4S. The number of allylic oxidation sites excluding steroid dienone is 1. The maximum Gasteiger partial charge on any atom is 0.272 e. The standard InChI is InChI=1S/C23H24N2O4S/c1-6-11-25-17-9-7-15(2)12-20(17)30-23(25)24-21(26)10-8-16-13-18(27-3)22(29-5)19(14-16)28-4/h6-10,12-14H,1,11H2,2-5H3. The first-order valence-electron chi connectivity index (χ1n) is 9.28. The third-order valence-electron chi connectivity index (χ3n) is 4.46. The Balaban J connectivity index is 1.97. The van der Waals surface area contributed by atoms with Crippen LogP contribution in [0.5, 0.6) is 17.2 Å². The third-order valence-corrected chi connectivity index (χ3v) is 5.50. The number of nitrogens with zero attached hydrogens (tertiary/aromatic N) is 2. The molecule has 0 radical (unpaired) electrons. The second-order valence-corrected chi connectivity index (χ2v) is 7.51. The molecule has 1 amide bonds. The van der Waals surface area contributed by atoms with Crippen LogP contribution in [0.2, 0.25) is 0 Å². The van der Waals surface area contributed by atoms with Crippen LogP contribution in [0.1, 0.15) is 11.1 Å². The lowest BCUT2D eigenvalue weighted by atomic mass is 10.1. The number of hydrogen-bond acceptors (Lipinski definition) is 5. The highest BCUT2D eigenvalue weighted by Crippen LogP contribution is 2.38. The molecule has 30 heavy (non-hydrogen) atoms. The second kappa shape index (κ2) is 9.45. The Morgan fingerprint density at radius 3 is 2.43 bits per heavy atom. The maximum atomic E-state index is 12.5. The average Bonchev–Trinajstić information content (AvgIpc) is 3.07. The Bertz CT molecular complexity index is 1160. The minimum atomic E-state index is -0.357. The van der Waals surface area contributed by atoms with Gasteiger partial charge in [-0.05, 0) is 48.4 Å². The zero-order valence-corrected chi connectivity index (χ0v) is 18.3. The summed E-state index contributed by atoms with van der Waals surface area (Å²) in [5.41, 5.74) is 2.93. The quantitative estimate of drug-likeness (QED) is 0.418. The molecule has 3 aromatic rings. The summed E-state index contributed by atoms with van der Waals surface area (Å²) in [6.45, 7) is 6.43. The summed E-state index contributed by atoms with van der Waals surface area (Å²) in [7, 11) is 4.64. The maximum absolute atomic E-state index is 12.5. The van der Waals surface area contributed by atoms with Crippen molar-refractivity contribution in [1.82, 2.24) is 4.57 Å². The number of carbonyl (C=O) groups excluding carboxylic acids is 1. The Morgan fingerprint density at radius 1 is 1.13 bits per heavy atom. The number of hydrogen-bond donors (Lipinski definition) is 0. The zero-order valence-electron chi connectivity index (χ0n) is 17.5. The molecule has 0 aliphatic carbocycles. The average molecular weight is 425 g/mol. The van der Waals surface area contributed by atoms with Gasteiger partial charge in [0.1, 0.15) is 0 Å². The van der Waals surface area contributed by atoms with Gasteiger partial charge in [0.05, 0.1) is 31.5 Å². The van der Waals surface area contributed by atoms with E-state index in [1.54, 1.807) is 45.6 Å². The Hall–Kier alpha value is -3.32. The lowest BCUT2D eigenvalue weighted by Gasteiger charge is -2.12. The van der Waals surface area contributed by atoms with Crippen LogP contribution in [0.4, 0.5) is 0 Å². The molecule has 0 unspecified atom stereocenters. The minimum Gasteiger partial charge on any atom is -0.493 e. The molecule has 1 aromatic heterocycles. The van der Waals surface area contributed by atoms with Gasteiger partial charge in [-0.25, -0.2) is 0 Å². The second-order valence-electron chi connectivity index (χ2n) is 6.50. The van der Waals surface area contributed by atoms with Crippen LogP contribution in [0, 0.1) is 6.92 Å². The number of carbonyl (C=O) groups is 1. The van der Waals surface area contributed by atoms with Crippen LogP contribution in [-0.2, 0) is 11.3 Å². The van der Waals surface area contributed by atoms with E-state index in [0.29, 0.717) is 28.6 Å². The van der Waals surface area contributed by atoms with Crippen molar-refractivity contribution < 1.29 is 19.0 Å². The van der Waals surface area contributed by atoms with Crippen LogP contribution in [0.25, 0.3) is 16.3 Å². The summed E-state index contributed by atoms with van der Waals surface area (Å²) in [5, 5.41) is 0. The van der Waals surface area contributed by atoms with Crippen molar-refractivity contribution in [2.45, 2.75) is 13.5 Å². The van der Waals surface area contributed by atoms with Crippen LogP contribution < -0.4 is 19.0 Å². The van der Waals surface area contributed by atoms with Gasteiger partial charge >= 0.3 is 0 Å². The van der Waals surface area contributed by atoms with Gasteiger partial charge < -0.3 is 18.8 Å². The van der Waals surface area contributed by atoms with Gasteiger partial charge in [-0.1, -0.05) is 23.5 Å². The fourth-order valence-electron chi connectivity index (χ4n) is 3.07. The van der Waals surface area contributed by atoms with E-state index in [0.717, 1.165) is 21.3 Å². The summed E-state index contributed by atoms with van der Waals surface area (Å²) in [6.07, 6.45) is 4.89. The molecule has 0 spiro atoms. The highest BCUT2D eigenvalue weighted by atomic mass is 32.1. The van der Waals surface area contributed by atoms with Crippen molar-refractivity contribution in [3.05, 3.63) is 65.0 Å². The minimum absolute atomic E-state index is 0.357. The number of methoxy groups -OCH3 is 3. The summed E-state index contributed by atoms with van der Waals surface area (Å²) >= 11 is 1.48. The smallest absolute Gasteiger partial charge is 0.272 e. The van der Waals surface area contributed by atoms with Gasteiger partial charge in [0.2, 0.25) is 5.75 Å². The lowest BCUT2D eigenvalue weighted by molar-refractivity contribution is -0.113. The van der Waals surface area contributed by atoms with Crippen molar-refractivity contribution >= 4 is 33.5 Å². The van der Waals surface area contributed by atoms with E-state index >= 15 is 0 Å². The Morgan fingerprint density at radius 2 is 1.83 bits per heavy atom. The molecule has 6 nitrogen and oxygen atoms in total.